The van der Waals surface area contributed by atoms with Gasteiger partial charge < -0.3 is 5.73 Å². The minimum Gasteiger partial charge on any atom is -0.405 e. The predicted molar refractivity (Wildman–Crippen MR) is 124 cm³/mol. The van der Waals surface area contributed by atoms with Gasteiger partial charge >= 0.3 is 6.18 Å². The molecule has 0 amide bonds. The summed E-state index contributed by atoms with van der Waals surface area (Å²) in [5.41, 5.74) is 4.80. The summed E-state index contributed by atoms with van der Waals surface area (Å²) in [5, 5.41) is 4.18. The molecular formula is C25H17F4N5O. The van der Waals surface area contributed by atoms with Crippen LogP contribution in [-0.2, 0) is 6.18 Å². The third kappa shape index (κ3) is 5.32. The first-order chi connectivity index (χ1) is 16.8. The molecule has 2 heterocycles. The number of allylic oxidation sites excluding steroid dienone is 1. The fraction of sp³-hybridized carbons (Fsp3) is 0.0400. The zero-order chi connectivity index (χ0) is 25.0. The largest absolute Gasteiger partial charge is 0.416 e. The fourth-order valence-corrected chi connectivity index (χ4v) is 3.26. The van der Waals surface area contributed by atoms with Crippen molar-refractivity contribution < 1.29 is 17.6 Å². The van der Waals surface area contributed by atoms with Crippen LogP contribution >= 0.6 is 0 Å². The summed E-state index contributed by atoms with van der Waals surface area (Å²) in [6.45, 7) is 0. The van der Waals surface area contributed by atoms with Crippen molar-refractivity contribution in [1.29, 1.82) is 0 Å². The summed E-state index contributed by atoms with van der Waals surface area (Å²) in [7, 11) is 0. The van der Waals surface area contributed by atoms with E-state index in [0.717, 1.165) is 29.1 Å². The van der Waals surface area contributed by atoms with Crippen LogP contribution in [0.2, 0.25) is 0 Å². The molecule has 35 heavy (non-hydrogen) atoms. The van der Waals surface area contributed by atoms with Gasteiger partial charge in [-0.3, -0.25) is 9.78 Å². The standard InChI is InChI=1S/C25H17F4N5O/c26-19-14-16(20-6-1-2-12-31-20)7-8-22(19)34-13-10-23(35)24(33-34)21(9-11-30)32-18-5-3-4-17(15-18)25(27,28)29/h1-15H,30H2. The lowest BCUT2D eigenvalue weighted by molar-refractivity contribution is -0.137. The second-order valence-electron chi connectivity index (χ2n) is 7.26. The smallest absolute Gasteiger partial charge is 0.405 e. The summed E-state index contributed by atoms with van der Waals surface area (Å²) in [6.07, 6.45) is 0.611. The van der Waals surface area contributed by atoms with Crippen LogP contribution in [0.15, 0.2) is 101 Å². The zero-order valence-electron chi connectivity index (χ0n) is 17.9. The lowest BCUT2D eigenvalue weighted by Gasteiger charge is -2.10. The van der Waals surface area contributed by atoms with E-state index < -0.39 is 23.0 Å². The van der Waals surface area contributed by atoms with E-state index in [1.54, 1.807) is 30.5 Å². The first-order valence-corrected chi connectivity index (χ1v) is 10.2. The van der Waals surface area contributed by atoms with Crippen molar-refractivity contribution in [2.24, 2.45) is 10.7 Å². The van der Waals surface area contributed by atoms with Crippen LogP contribution in [0, 0.1) is 5.82 Å². The number of hydrogen-bond donors (Lipinski definition) is 1. The quantitative estimate of drug-likeness (QED) is 0.321. The van der Waals surface area contributed by atoms with Crippen molar-refractivity contribution in [3.63, 3.8) is 0 Å². The van der Waals surface area contributed by atoms with Gasteiger partial charge in [0, 0.05) is 24.0 Å². The van der Waals surface area contributed by atoms with E-state index in [1.807, 2.05) is 0 Å². The van der Waals surface area contributed by atoms with Gasteiger partial charge in [0.05, 0.1) is 22.7 Å². The topological polar surface area (TPSA) is 86.2 Å². The Morgan fingerprint density at radius 3 is 2.54 bits per heavy atom. The minimum absolute atomic E-state index is 0.0427. The Bertz CT molecular complexity index is 1480. The molecule has 0 saturated carbocycles. The number of aliphatic imine (C=N–C) groups is 1. The summed E-state index contributed by atoms with van der Waals surface area (Å²) in [6, 6.07) is 15.1. The molecule has 4 aromatic rings. The number of alkyl halides is 3. The molecule has 0 aliphatic carbocycles. The summed E-state index contributed by atoms with van der Waals surface area (Å²) in [4.78, 5) is 20.9. The Kier molecular flexibility index (Phi) is 6.54. The van der Waals surface area contributed by atoms with E-state index in [9.17, 15) is 22.4 Å². The number of benzene rings is 2. The van der Waals surface area contributed by atoms with Gasteiger partial charge in [0.25, 0.3) is 0 Å². The number of aromatic nitrogens is 3. The molecule has 0 fully saturated rings. The van der Waals surface area contributed by atoms with Crippen LogP contribution in [0.5, 0.6) is 0 Å². The average molecular weight is 479 g/mol. The van der Waals surface area contributed by atoms with Gasteiger partial charge in [0.1, 0.15) is 11.5 Å². The van der Waals surface area contributed by atoms with E-state index in [4.69, 9.17) is 5.73 Å². The highest BCUT2D eigenvalue weighted by molar-refractivity contribution is 6.08. The minimum atomic E-state index is -4.56. The molecule has 2 aromatic heterocycles. The van der Waals surface area contributed by atoms with Crippen LogP contribution in [0.1, 0.15) is 11.3 Å². The predicted octanol–water partition coefficient (Wildman–Crippen LogP) is 5.05. The average Bonchev–Trinajstić information content (AvgIpc) is 2.84. The van der Waals surface area contributed by atoms with E-state index >= 15 is 0 Å². The molecule has 2 aromatic carbocycles. The van der Waals surface area contributed by atoms with E-state index in [2.05, 4.69) is 15.1 Å². The van der Waals surface area contributed by atoms with Gasteiger partial charge in [-0.2, -0.15) is 18.3 Å². The molecule has 0 bridgehead atoms. The first kappa shape index (κ1) is 23.6. The Hall–Kier alpha value is -4.60. The van der Waals surface area contributed by atoms with Crippen LogP contribution in [-0.4, -0.2) is 20.5 Å². The molecule has 0 saturated heterocycles. The molecule has 0 spiro atoms. The Balaban J connectivity index is 1.77. The molecule has 0 aliphatic rings. The van der Waals surface area contributed by atoms with Crippen molar-refractivity contribution in [3.8, 4) is 16.9 Å². The van der Waals surface area contributed by atoms with Crippen molar-refractivity contribution >= 4 is 11.4 Å². The Morgan fingerprint density at radius 2 is 1.86 bits per heavy atom. The molecule has 176 valence electrons. The molecule has 0 atom stereocenters. The maximum atomic E-state index is 15.0. The second kappa shape index (κ2) is 9.72. The lowest BCUT2D eigenvalue weighted by atomic mass is 10.1. The summed E-state index contributed by atoms with van der Waals surface area (Å²) in [5.74, 6) is -0.624. The highest BCUT2D eigenvalue weighted by Gasteiger charge is 2.30. The van der Waals surface area contributed by atoms with Gasteiger partial charge in [-0.25, -0.2) is 14.1 Å². The van der Waals surface area contributed by atoms with Crippen molar-refractivity contribution in [2.75, 3.05) is 0 Å². The zero-order valence-corrected chi connectivity index (χ0v) is 17.9. The lowest BCUT2D eigenvalue weighted by Crippen LogP contribution is -2.20. The first-order valence-electron chi connectivity index (χ1n) is 10.2. The number of rotatable bonds is 5. The normalized spacial score (nSPS) is 12.3. The van der Waals surface area contributed by atoms with Crippen molar-refractivity contribution in [1.82, 2.24) is 14.8 Å². The molecule has 0 unspecified atom stereocenters. The van der Waals surface area contributed by atoms with Gasteiger partial charge in [-0.05, 0) is 54.7 Å². The van der Waals surface area contributed by atoms with Gasteiger partial charge in [0.2, 0.25) is 5.43 Å². The van der Waals surface area contributed by atoms with Crippen LogP contribution in [0.4, 0.5) is 23.2 Å². The molecule has 10 heteroatoms. The van der Waals surface area contributed by atoms with E-state index in [-0.39, 0.29) is 22.8 Å². The highest BCUT2D eigenvalue weighted by Crippen LogP contribution is 2.31. The number of pyridine rings is 1. The molecule has 0 aliphatic heterocycles. The fourth-order valence-electron chi connectivity index (χ4n) is 3.26. The third-order valence-corrected chi connectivity index (χ3v) is 4.88. The molecule has 4 rings (SSSR count). The van der Waals surface area contributed by atoms with E-state index in [1.165, 1.54) is 36.5 Å². The maximum Gasteiger partial charge on any atom is 0.416 e. The Morgan fingerprint density at radius 1 is 1.03 bits per heavy atom. The van der Waals surface area contributed by atoms with Crippen molar-refractivity contribution in [2.45, 2.75) is 6.18 Å². The van der Waals surface area contributed by atoms with Crippen LogP contribution in [0.25, 0.3) is 16.9 Å². The number of nitrogens with two attached hydrogens (primary N) is 1. The molecule has 0 radical (unpaired) electrons. The second-order valence-corrected chi connectivity index (χ2v) is 7.26. The van der Waals surface area contributed by atoms with Gasteiger partial charge in [0.15, 0.2) is 5.69 Å². The SMILES string of the molecule is NC=CC(=Nc1cccc(C(F)(F)F)c1)c1nn(-c2ccc(-c3ccccn3)cc2F)ccc1=O. The van der Waals surface area contributed by atoms with Crippen molar-refractivity contribution in [3.05, 3.63) is 119 Å². The molecule has 2 N–H and O–H groups in total. The number of nitrogens with zero attached hydrogens (tertiary/aromatic N) is 4. The third-order valence-electron chi connectivity index (χ3n) is 4.88. The van der Waals surface area contributed by atoms with Crippen LogP contribution < -0.4 is 11.2 Å². The van der Waals surface area contributed by atoms with Gasteiger partial charge in [-0.15, -0.1) is 0 Å². The molecular weight excluding hydrogens is 462 g/mol. The monoisotopic (exact) mass is 479 g/mol. The number of halogens is 4. The van der Waals surface area contributed by atoms with Crippen LogP contribution in [0.3, 0.4) is 0 Å². The summed E-state index contributed by atoms with van der Waals surface area (Å²) >= 11 is 0. The Labute approximate surface area is 196 Å². The van der Waals surface area contributed by atoms with Gasteiger partial charge in [-0.1, -0.05) is 18.2 Å². The number of hydrogen-bond acceptors (Lipinski definition) is 5. The maximum absolute atomic E-state index is 15.0. The highest BCUT2D eigenvalue weighted by atomic mass is 19.4. The summed E-state index contributed by atoms with van der Waals surface area (Å²) < 4.78 is 55.3. The molecule has 6 nitrogen and oxygen atoms in total. The van der Waals surface area contributed by atoms with E-state index in [0.29, 0.717) is 11.3 Å².